The molecule has 2 atom stereocenters. The topological polar surface area (TPSA) is 49.8 Å². The first-order chi connectivity index (χ1) is 11.2. The molecule has 0 radical (unpaired) electrons. The number of carbonyl (C=O) groups excluding carboxylic acids is 1. The number of methoxy groups -OCH3 is 1. The Morgan fingerprint density at radius 2 is 2.12 bits per heavy atom. The van der Waals surface area contributed by atoms with Crippen LogP contribution in [0.2, 0.25) is 0 Å². The molecule has 1 aliphatic rings. The summed E-state index contributed by atoms with van der Waals surface area (Å²) in [7, 11) is 2.63. The molecule has 0 aliphatic heterocycles. The van der Waals surface area contributed by atoms with E-state index in [4.69, 9.17) is 4.74 Å². The lowest BCUT2D eigenvalue weighted by molar-refractivity contribution is -0.186. The van der Waals surface area contributed by atoms with Crippen molar-refractivity contribution < 1.29 is 27.8 Å². The molecule has 0 bridgehead atoms. The van der Waals surface area contributed by atoms with Crippen molar-refractivity contribution in [2.24, 2.45) is 5.92 Å². The summed E-state index contributed by atoms with van der Waals surface area (Å²) in [5.74, 6) is -1.78. The summed E-state index contributed by atoms with van der Waals surface area (Å²) in [6.45, 7) is -0.147. The van der Waals surface area contributed by atoms with Gasteiger partial charge in [0.1, 0.15) is 5.75 Å². The molecule has 0 spiro atoms. The average Bonchev–Trinajstić information content (AvgIpc) is 2.55. The second-order valence-electron chi connectivity index (χ2n) is 6.28. The van der Waals surface area contributed by atoms with Gasteiger partial charge in [-0.25, -0.2) is 0 Å². The Morgan fingerprint density at radius 1 is 1.42 bits per heavy atom. The molecule has 1 aromatic carbocycles. The Kier molecular flexibility index (Phi) is 5.42. The van der Waals surface area contributed by atoms with Gasteiger partial charge in [-0.2, -0.15) is 13.2 Å². The first-order valence-electron chi connectivity index (χ1n) is 7.87. The van der Waals surface area contributed by atoms with Crippen molar-refractivity contribution >= 4 is 5.91 Å². The zero-order chi connectivity index (χ0) is 18.0. The predicted octanol–water partition coefficient (Wildman–Crippen LogP) is 3.09. The quantitative estimate of drug-likeness (QED) is 0.912. The van der Waals surface area contributed by atoms with Crippen LogP contribution >= 0.6 is 0 Å². The van der Waals surface area contributed by atoms with E-state index in [2.05, 4.69) is 0 Å². The fourth-order valence-corrected chi connectivity index (χ4v) is 3.37. The van der Waals surface area contributed by atoms with Gasteiger partial charge >= 0.3 is 12.1 Å². The largest absolute Gasteiger partial charge is 0.497 e. The molecule has 2 unspecified atom stereocenters. The third-order valence-electron chi connectivity index (χ3n) is 4.69. The van der Waals surface area contributed by atoms with Gasteiger partial charge < -0.3 is 14.7 Å². The molecule has 0 heterocycles. The predicted molar refractivity (Wildman–Crippen MR) is 82.5 cm³/mol. The molecule has 7 heteroatoms. The van der Waals surface area contributed by atoms with Gasteiger partial charge in [-0.15, -0.1) is 0 Å². The summed E-state index contributed by atoms with van der Waals surface area (Å²) in [6.07, 6.45) is -2.31. The highest BCUT2D eigenvalue weighted by Gasteiger charge is 2.45. The Hall–Kier alpha value is -1.76. The van der Waals surface area contributed by atoms with Gasteiger partial charge in [0.15, 0.2) is 0 Å². The van der Waals surface area contributed by atoms with Crippen LogP contribution in [-0.4, -0.2) is 42.8 Å². The van der Waals surface area contributed by atoms with E-state index in [9.17, 15) is 23.1 Å². The number of carbonyl (C=O) groups is 1. The molecule has 1 saturated carbocycles. The number of ether oxygens (including phenoxy) is 1. The monoisotopic (exact) mass is 345 g/mol. The second-order valence-corrected chi connectivity index (χ2v) is 6.28. The number of alkyl halides is 3. The zero-order valence-electron chi connectivity index (χ0n) is 13.8. The van der Waals surface area contributed by atoms with E-state index >= 15 is 0 Å². The molecule has 2 rings (SSSR count). The van der Waals surface area contributed by atoms with Gasteiger partial charge in [-0.3, -0.25) is 4.79 Å². The van der Waals surface area contributed by atoms with Crippen LogP contribution in [0, 0.1) is 5.92 Å². The molecular formula is C17H22F3NO3. The summed E-state index contributed by atoms with van der Waals surface area (Å²) in [5.41, 5.74) is -0.660. The van der Waals surface area contributed by atoms with Crippen LogP contribution in [0.3, 0.4) is 0 Å². The van der Waals surface area contributed by atoms with E-state index < -0.39 is 23.6 Å². The van der Waals surface area contributed by atoms with Crippen molar-refractivity contribution in [2.45, 2.75) is 37.5 Å². The van der Waals surface area contributed by atoms with Crippen molar-refractivity contribution in [1.29, 1.82) is 0 Å². The van der Waals surface area contributed by atoms with Crippen LogP contribution in [-0.2, 0) is 10.4 Å². The van der Waals surface area contributed by atoms with Crippen LogP contribution in [0.4, 0.5) is 13.2 Å². The lowest BCUT2D eigenvalue weighted by Crippen LogP contribution is -2.47. The fraction of sp³-hybridized carbons (Fsp3) is 0.588. The van der Waals surface area contributed by atoms with Crippen LogP contribution in [0.15, 0.2) is 24.3 Å². The number of hydrogen-bond donors (Lipinski definition) is 1. The standard InChI is InChI=1S/C17H22F3NO3/c1-21(15(22)17(18,19)20)11-13-6-3-4-9-16(13,23)12-7-5-8-14(10-12)24-2/h5,7-8,10,13,23H,3-4,6,9,11H2,1-2H3. The minimum Gasteiger partial charge on any atom is -0.497 e. The van der Waals surface area contributed by atoms with Crippen LogP contribution in [0.5, 0.6) is 5.75 Å². The van der Waals surface area contributed by atoms with E-state index in [0.717, 1.165) is 19.9 Å². The van der Waals surface area contributed by atoms with Gasteiger partial charge in [0.25, 0.3) is 0 Å². The van der Waals surface area contributed by atoms with Gasteiger partial charge in [0.2, 0.25) is 0 Å². The van der Waals surface area contributed by atoms with E-state index in [1.807, 2.05) is 0 Å². The number of amides is 1. The van der Waals surface area contributed by atoms with E-state index in [-0.39, 0.29) is 6.54 Å². The first-order valence-corrected chi connectivity index (χ1v) is 7.87. The lowest BCUT2D eigenvalue weighted by Gasteiger charge is -2.42. The number of halogens is 3. The number of hydrogen-bond acceptors (Lipinski definition) is 3. The van der Waals surface area contributed by atoms with E-state index in [1.54, 1.807) is 24.3 Å². The fourth-order valence-electron chi connectivity index (χ4n) is 3.37. The summed E-state index contributed by atoms with van der Waals surface area (Å²) < 4.78 is 43.0. The SMILES string of the molecule is COc1cccc(C2(O)CCCCC2CN(C)C(=O)C(F)(F)F)c1. The van der Waals surface area contributed by atoms with Crippen molar-refractivity contribution in [3.05, 3.63) is 29.8 Å². The highest BCUT2D eigenvalue weighted by Crippen LogP contribution is 2.43. The molecule has 1 N–H and O–H groups in total. The van der Waals surface area contributed by atoms with Crippen molar-refractivity contribution in [2.75, 3.05) is 20.7 Å². The highest BCUT2D eigenvalue weighted by molar-refractivity contribution is 5.81. The Bertz CT molecular complexity index is 591. The van der Waals surface area contributed by atoms with Gasteiger partial charge in [-0.1, -0.05) is 25.0 Å². The van der Waals surface area contributed by atoms with E-state index in [1.165, 1.54) is 7.11 Å². The lowest BCUT2D eigenvalue weighted by atomic mass is 9.71. The number of benzene rings is 1. The average molecular weight is 345 g/mol. The Morgan fingerprint density at radius 3 is 2.75 bits per heavy atom. The van der Waals surface area contributed by atoms with E-state index in [0.29, 0.717) is 29.1 Å². The first kappa shape index (κ1) is 18.6. The van der Waals surface area contributed by atoms with Gasteiger partial charge in [0, 0.05) is 19.5 Å². The number of rotatable bonds is 4. The maximum absolute atomic E-state index is 12.6. The van der Waals surface area contributed by atoms with Gasteiger partial charge in [0.05, 0.1) is 12.7 Å². The molecule has 1 fully saturated rings. The molecule has 24 heavy (non-hydrogen) atoms. The normalized spacial score (nSPS) is 24.5. The second kappa shape index (κ2) is 7.01. The molecule has 1 aromatic rings. The van der Waals surface area contributed by atoms with Crippen molar-refractivity contribution in [3.63, 3.8) is 0 Å². The Balaban J connectivity index is 2.25. The molecule has 1 amide bonds. The Labute approximate surface area is 139 Å². The van der Waals surface area contributed by atoms with Crippen LogP contribution < -0.4 is 4.74 Å². The minimum atomic E-state index is -4.91. The minimum absolute atomic E-state index is 0.147. The third-order valence-corrected chi connectivity index (χ3v) is 4.69. The third kappa shape index (κ3) is 3.83. The molecular weight excluding hydrogens is 323 g/mol. The number of aliphatic hydroxyl groups is 1. The van der Waals surface area contributed by atoms with Crippen molar-refractivity contribution in [3.8, 4) is 5.75 Å². The molecule has 0 saturated heterocycles. The van der Waals surface area contributed by atoms with Gasteiger partial charge in [-0.05, 0) is 30.5 Å². The number of nitrogens with zero attached hydrogens (tertiary/aromatic N) is 1. The zero-order valence-corrected chi connectivity index (χ0v) is 13.8. The molecule has 4 nitrogen and oxygen atoms in total. The summed E-state index contributed by atoms with van der Waals surface area (Å²) >= 11 is 0. The maximum atomic E-state index is 12.6. The summed E-state index contributed by atoms with van der Waals surface area (Å²) in [5, 5.41) is 11.2. The van der Waals surface area contributed by atoms with Crippen LogP contribution in [0.25, 0.3) is 0 Å². The highest BCUT2D eigenvalue weighted by atomic mass is 19.4. The smallest absolute Gasteiger partial charge is 0.471 e. The van der Waals surface area contributed by atoms with Crippen LogP contribution in [0.1, 0.15) is 31.2 Å². The summed E-state index contributed by atoms with van der Waals surface area (Å²) in [4.78, 5) is 12.0. The molecule has 134 valence electrons. The summed E-state index contributed by atoms with van der Waals surface area (Å²) in [6, 6.07) is 6.92. The molecule has 1 aliphatic carbocycles. The molecule has 0 aromatic heterocycles. The maximum Gasteiger partial charge on any atom is 0.471 e. The van der Waals surface area contributed by atoms with Crippen molar-refractivity contribution in [1.82, 2.24) is 4.90 Å².